The Labute approximate surface area is 163 Å². The van der Waals surface area contributed by atoms with E-state index in [-0.39, 0.29) is 10.8 Å². The van der Waals surface area contributed by atoms with Crippen molar-refractivity contribution in [3.8, 4) is 0 Å². The first-order chi connectivity index (χ1) is 12.7. The van der Waals surface area contributed by atoms with Crippen molar-refractivity contribution in [2.45, 2.75) is 110 Å². The van der Waals surface area contributed by atoms with Gasteiger partial charge < -0.3 is 4.79 Å². The third-order valence-electron chi connectivity index (χ3n) is 6.31. The second-order valence-corrected chi connectivity index (χ2v) is 8.14. The van der Waals surface area contributed by atoms with Crippen molar-refractivity contribution in [3.05, 3.63) is 35.9 Å². The van der Waals surface area contributed by atoms with Crippen LogP contribution in [0.1, 0.15) is 110 Å². The standard InChI is InChI=1S/C25H42O/c1-5-9-14-20-25(21-15-10-6-2,23-16-12-11-13-17-23)24(22-26,18-7-3)19-8-4/h11-13,16-17,22H,5-10,14-15,18-21H2,1-4H3. The molecule has 0 aliphatic heterocycles. The van der Waals surface area contributed by atoms with Gasteiger partial charge in [0.1, 0.15) is 6.29 Å². The number of unbranched alkanes of at least 4 members (excludes halogenated alkanes) is 4. The van der Waals surface area contributed by atoms with Crippen LogP contribution < -0.4 is 0 Å². The summed E-state index contributed by atoms with van der Waals surface area (Å²) >= 11 is 0. The summed E-state index contributed by atoms with van der Waals surface area (Å²) < 4.78 is 0. The number of hydrogen-bond donors (Lipinski definition) is 0. The molecular formula is C25H42O. The number of hydrogen-bond acceptors (Lipinski definition) is 1. The molecule has 0 spiro atoms. The summed E-state index contributed by atoms with van der Waals surface area (Å²) in [5.41, 5.74) is 1.17. The maximum Gasteiger partial charge on any atom is 0.127 e. The molecular weight excluding hydrogens is 316 g/mol. The third-order valence-corrected chi connectivity index (χ3v) is 6.31. The van der Waals surface area contributed by atoms with Crippen LogP contribution in [0.3, 0.4) is 0 Å². The van der Waals surface area contributed by atoms with Gasteiger partial charge in [-0.25, -0.2) is 0 Å². The molecule has 1 rings (SSSR count). The van der Waals surface area contributed by atoms with Gasteiger partial charge in [-0.15, -0.1) is 0 Å². The second-order valence-electron chi connectivity index (χ2n) is 8.14. The van der Waals surface area contributed by atoms with Gasteiger partial charge in [0.05, 0.1) is 0 Å². The zero-order valence-electron chi connectivity index (χ0n) is 17.9. The van der Waals surface area contributed by atoms with Gasteiger partial charge in [0, 0.05) is 10.8 Å². The summed E-state index contributed by atoms with van der Waals surface area (Å²) in [6.45, 7) is 9.02. The number of carbonyl (C=O) groups is 1. The zero-order chi connectivity index (χ0) is 19.3. The minimum atomic E-state index is -0.223. The van der Waals surface area contributed by atoms with Crippen LogP contribution in [0.4, 0.5) is 0 Å². The van der Waals surface area contributed by atoms with Gasteiger partial charge in [0.2, 0.25) is 0 Å². The Bertz CT molecular complexity index is 460. The average Bonchev–Trinajstić information content (AvgIpc) is 2.67. The van der Waals surface area contributed by atoms with Gasteiger partial charge in [-0.05, 0) is 31.2 Å². The quantitative estimate of drug-likeness (QED) is 0.230. The van der Waals surface area contributed by atoms with Crippen molar-refractivity contribution in [1.82, 2.24) is 0 Å². The molecule has 0 aliphatic carbocycles. The Morgan fingerprint density at radius 2 is 1.19 bits per heavy atom. The predicted octanol–water partition coefficient (Wildman–Crippen LogP) is 7.87. The Balaban J connectivity index is 3.47. The lowest BCUT2D eigenvalue weighted by atomic mass is 9.53. The molecule has 0 fully saturated rings. The van der Waals surface area contributed by atoms with Crippen molar-refractivity contribution in [2.24, 2.45) is 5.41 Å². The molecule has 0 unspecified atom stereocenters. The van der Waals surface area contributed by atoms with E-state index in [1.165, 1.54) is 50.4 Å². The van der Waals surface area contributed by atoms with Crippen LogP contribution in [-0.2, 0) is 10.2 Å². The van der Waals surface area contributed by atoms with E-state index in [9.17, 15) is 4.79 Å². The summed E-state index contributed by atoms with van der Waals surface area (Å²) in [7, 11) is 0. The maximum atomic E-state index is 12.7. The Morgan fingerprint density at radius 1 is 0.692 bits per heavy atom. The fraction of sp³-hybridized carbons (Fsp3) is 0.720. The van der Waals surface area contributed by atoms with Crippen LogP contribution in [0, 0.1) is 5.41 Å². The van der Waals surface area contributed by atoms with Crippen LogP contribution in [0.5, 0.6) is 0 Å². The molecule has 1 aromatic carbocycles. The van der Waals surface area contributed by atoms with Crippen molar-refractivity contribution >= 4 is 6.29 Å². The lowest BCUT2D eigenvalue weighted by Gasteiger charge is -2.49. The van der Waals surface area contributed by atoms with Gasteiger partial charge in [0.15, 0.2) is 0 Å². The van der Waals surface area contributed by atoms with E-state index in [0.29, 0.717) is 0 Å². The van der Waals surface area contributed by atoms with Crippen LogP contribution in [0.2, 0.25) is 0 Å². The van der Waals surface area contributed by atoms with E-state index < -0.39 is 0 Å². The highest BCUT2D eigenvalue weighted by Gasteiger charge is 2.50. The average molecular weight is 359 g/mol. The van der Waals surface area contributed by atoms with Crippen LogP contribution in [0.25, 0.3) is 0 Å². The molecule has 0 bridgehead atoms. The fourth-order valence-electron chi connectivity index (χ4n) is 5.04. The van der Waals surface area contributed by atoms with Crippen molar-refractivity contribution in [1.29, 1.82) is 0 Å². The normalized spacial score (nSPS) is 12.3. The number of benzene rings is 1. The first kappa shape index (κ1) is 22.9. The van der Waals surface area contributed by atoms with Crippen LogP contribution in [-0.4, -0.2) is 6.29 Å². The highest BCUT2D eigenvalue weighted by molar-refractivity contribution is 5.64. The summed E-state index contributed by atoms with van der Waals surface area (Å²) in [6.07, 6.45) is 15.3. The molecule has 1 aromatic rings. The molecule has 0 saturated heterocycles. The van der Waals surface area contributed by atoms with Crippen LogP contribution >= 0.6 is 0 Å². The van der Waals surface area contributed by atoms with Gasteiger partial charge >= 0.3 is 0 Å². The Morgan fingerprint density at radius 3 is 1.58 bits per heavy atom. The molecule has 1 nitrogen and oxygen atoms in total. The molecule has 0 heterocycles. The lowest BCUT2D eigenvalue weighted by molar-refractivity contribution is -0.122. The highest BCUT2D eigenvalue weighted by atomic mass is 16.1. The predicted molar refractivity (Wildman–Crippen MR) is 115 cm³/mol. The Kier molecular flexibility index (Phi) is 10.9. The van der Waals surface area contributed by atoms with Gasteiger partial charge in [-0.1, -0.05) is 109 Å². The molecule has 148 valence electrons. The minimum absolute atomic E-state index is 0.00757. The van der Waals surface area contributed by atoms with E-state index in [4.69, 9.17) is 0 Å². The smallest absolute Gasteiger partial charge is 0.127 e. The third kappa shape index (κ3) is 5.44. The molecule has 0 atom stereocenters. The van der Waals surface area contributed by atoms with E-state index in [0.717, 1.165) is 38.5 Å². The SMILES string of the molecule is CCCCCC(CCCCC)(c1ccccc1)C(C=O)(CCC)CCC. The molecule has 0 aliphatic rings. The second kappa shape index (κ2) is 12.3. The first-order valence-corrected chi connectivity index (χ1v) is 11.2. The summed E-state index contributed by atoms with van der Waals surface area (Å²) in [6, 6.07) is 11.0. The first-order valence-electron chi connectivity index (χ1n) is 11.2. The van der Waals surface area contributed by atoms with E-state index in [1.807, 2.05) is 0 Å². The van der Waals surface area contributed by atoms with Crippen molar-refractivity contribution < 1.29 is 4.79 Å². The number of carbonyl (C=O) groups excluding carboxylic acids is 1. The van der Waals surface area contributed by atoms with Gasteiger partial charge in [0.25, 0.3) is 0 Å². The maximum absolute atomic E-state index is 12.7. The Hall–Kier alpha value is -1.11. The topological polar surface area (TPSA) is 17.1 Å². The van der Waals surface area contributed by atoms with Gasteiger partial charge in [-0.3, -0.25) is 0 Å². The van der Waals surface area contributed by atoms with E-state index >= 15 is 0 Å². The molecule has 0 saturated carbocycles. The van der Waals surface area contributed by atoms with Crippen molar-refractivity contribution in [2.75, 3.05) is 0 Å². The molecule has 1 heteroatoms. The molecule has 0 aromatic heterocycles. The largest absolute Gasteiger partial charge is 0.303 e. The minimum Gasteiger partial charge on any atom is -0.303 e. The van der Waals surface area contributed by atoms with E-state index in [1.54, 1.807) is 0 Å². The lowest BCUT2D eigenvalue weighted by Crippen LogP contribution is -2.47. The summed E-state index contributed by atoms with van der Waals surface area (Å²) in [5.74, 6) is 0. The molecule has 0 radical (unpaired) electrons. The molecule has 26 heavy (non-hydrogen) atoms. The van der Waals surface area contributed by atoms with Gasteiger partial charge in [-0.2, -0.15) is 0 Å². The van der Waals surface area contributed by atoms with E-state index in [2.05, 4.69) is 58.0 Å². The fourth-order valence-corrected chi connectivity index (χ4v) is 5.04. The zero-order valence-corrected chi connectivity index (χ0v) is 17.9. The number of rotatable bonds is 15. The summed E-state index contributed by atoms with van der Waals surface area (Å²) in [5, 5.41) is 0. The molecule has 0 amide bonds. The molecule has 0 N–H and O–H groups in total. The van der Waals surface area contributed by atoms with Crippen LogP contribution in [0.15, 0.2) is 30.3 Å². The summed E-state index contributed by atoms with van der Waals surface area (Å²) in [4.78, 5) is 12.7. The monoisotopic (exact) mass is 358 g/mol. The van der Waals surface area contributed by atoms with Crippen molar-refractivity contribution in [3.63, 3.8) is 0 Å². The highest BCUT2D eigenvalue weighted by Crippen LogP contribution is 2.53. The number of aldehydes is 1.